The number of esters is 1. The second-order valence-electron chi connectivity index (χ2n) is 5.41. The van der Waals surface area contributed by atoms with E-state index in [1.165, 1.54) is 7.11 Å². The van der Waals surface area contributed by atoms with E-state index in [0.29, 0.717) is 5.57 Å². The smallest absolute Gasteiger partial charge is 0.340 e. The maximum absolute atomic E-state index is 12.3. The lowest BCUT2D eigenvalue weighted by Gasteiger charge is -2.16. The van der Waals surface area contributed by atoms with Gasteiger partial charge in [0.1, 0.15) is 0 Å². The highest BCUT2D eigenvalue weighted by atomic mass is 79.9. The van der Waals surface area contributed by atoms with Crippen molar-refractivity contribution in [3.05, 3.63) is 69.3 Å². The third-order valence-electron chi connectivity index (χ3n) is 3.62. The molecule has 0 saturated carbocycles. The predicted octanol–water partition coefficient (Wildman–Crippen LogP) is 5.08. The average molecular weight is 374 g/mol. The SMILES string of the molecule is COC(=O)/C(=C(/C)Nc1cc(C)ccc1C)c1ccccc1Br. The molecule has 0 unspecified atom stereocenters. The van der Waals surface area contributed by atoms with Crippen molar-refractivity contribution >= 4 is 33.2 Å². The Kier molecular flexibility index (Phi) is 5.61. The number of carbonyl (C=O) groups is 1. The highest BCUT2D eigenvalue weighted by Crippen LogP contribution is 2.29. The maximum Gasteiger partial charge on any atom is 0.340 e. The van der Waals surface area contributed by atoms with E-state index in [1.54, 1.807) is 0 Å². The van der Waals surface area contributed by atoms with E-state index in [0.717, 1.165) is 32.5 Å². The summed E-state index contributed by atoms with van der Waals surface area (Å²) >= 11 is 3.50. The van der Waals surface area contributed by atoms with E-state index < -0.39 is 0 Å². The van der Waals surface area contributed by atoms with Crippen LogP contribution in [0.25, 0.3) is 5.57 Å². The summed E-state index contributed by atoms with van der Waals surface area (Å²) in [4.78, 5) is 12.3. The van der Waals surface area contributed by atoms with Gasteiger partial charge in [-0.05, 0) is 44.0 Å². The van der Waals surface area contributed by atoms with Crippen LogP contribution in [0.5, 0.6) is 0 Å². The summed E-state index contributed by atoms with van der Waals surface area (Å²) in [5.74, 6) is -0.368. The molecule has 2 aromatic carbocycles. The molecule has 0 aliphatic heterocycles. The maximum atomic E-state index is 12.3. The van der Waals surface area contributed by atoms with Gasteiger partial charge in [0, 0.05) is 21.4 Å². The molecule has 1 N–H and O–H groups in total. The molecule has 0 heterocycles. The van der Waals surface area contributed by atoms with Crippen LogP contribution in [0.3, 0.4) is 0 Å². The van der Waals surface area contributed by atoms with Crippen molar-refractivity contribution in [2.75, 3.05) is 12.4 Å². The number of hydrogen-bond acceptors (Lipinski definition) is 3. The number of benzene rings is 2. The Bertz CT molecular complexity index is 766. The van der Waals surface area contributed by atoms with E-state index in [1.807, 2.05) is 45.0 Å². The van der Waals surface area contributed by atoms with E-state index in [-0.39, 0.29) is 5.97 Å². The summed E-state index contributed by atoms with van der Waals surface area (Å²) in [5, 5.41) is 3.35. The van der Waals surface area contributed by atoms with Crippen LogP contribution in [0.2, 0.25) is 0 Å². The fraction of sp³-hybridized carbons (Fsp3) is 0.211. The van der Waals surface area contributed by atoms with Crippen molar-refractivity contribution < 1.29 is 9.53 Å². The minimum atomic E-state index is -0.368. The quantitative estimate of drug-likeness (QED) is 0.599. The lowest BCUT2D eigenvalue weighted by molar-refractivity contribution is -0.133. The molecule has 0 radical (unpaired) electrons. The van der Waals surface area contributed by atoms with Gasteiger partial charge >= 0.3 is 5.97 Å². The molecule has 0 bridgehead atoms. The highest BCUT2D eigenvalue weighted by Gasteiger charge is 2.18. The zero-order chi connectivity index (χ0) is 17.0. The minimum absolute atomic E-state index is 0.368. The van der Waals surface area contributed by atoms with Crippen LogP contribution in [-0.4, -0.2) is 13.1 Å². The molecule has 4 heteroatoms. The highest BCUT2D eigenvalue weighted by molar-refractivity contribution is 9.10. The monoisotopic (exact) mass is 373 g/mol. The number of aryl methyl sites for hydroxylation is 2. The molecule has 0 spiro atoms. The van der Waals surface area contributed by atoms with Crippen LogP contribution < -0.4 is 5.32 Å². The van der Waals surface area contributed by atoms with Crippen molar-refractivity contribution in [2.45, 2.75) is 20.8 Å². The Morgan fingerprint density at radius 1 is 1.13 bits per heavy atom. The van der Waals surface area contributed by atoms with Crippen molar-refractivity contribution in [3.63, 3.8) is 0 Å². The summed E-state index contributed by atoms with van der Waals surface area (Å²) in [6.45, 7) is 5.96. The number of allylic oxidation sites excluding steroid dienone is 1. The van der Waals surface area contributed by atoms with Crippen LogP contribution in [0.4, 0.5) is 5.69 Å². The number of halogens is 1. The van der Waals surface area contributed by atoms with Crippen LogP contribution in [0, 0.1) is 13.8 Å². The van der Waals surface area contributed by atoms with Gasteiger partial charge in [-0.1, -0.05) is 46.3 Å². The molecule has 0 aromatic heterocycles. The minimum Gasteiger partial charge on any atom is -0.465 e. The van der Waals surface area contributed by atoms with Gasteiger partial charge in [-0.2, -0.15) is 0 Å². The van der Waals surface area contributed by atoms with Gasteiger partial charge in [0.25, 0.3) is 0 Å². The molecule has 2 aromatic rings. The van der Waals surface area contributed by atoms with Gasteiger partial charge in [0.15, 0.2) is 0 Å². The molecule has 0 aliphatic carbocycles. The van der Waals surface area contributed by atoms with Crippen LogP contribution in [-0.2, 0) is 9.53 Å². The number of hydrogen-bond donors (Lipinski definition) is 1. The Morgan fingerprint density at radius 2 is 1.83 bits per heavy atom. The van der Waals surface area contributed by atoms with Crippen LogP contribution >= 0.6 is 15.9 Å². The molecular weight excluding hydrogens is 354 g/mol. The van der Waals surface area contributed by atoms with E-state index >= 15 is 0 Å². The number of nitrogens with one attached hydrogen (secondary N) is 1. The standard InChI is InChI=1S/C19H20BrNO2/c1-12-9-10-13(2)17(11-12)21-14(3)18(19(22)23-4)15-7-5-6-8-16(15)20/h5-11,21H,1-4H3/b18-14-. The van der Waals surface area contributed by atoms with Gasteiger partial charge in [-0.15, -0.1) is 0 Å². The normalized spacial score (nSPS) is 11.7. The first-order valence-electron chi connectivity index (χ1n) is 7.32. The number of rotatable bonds is 4. The third-order valence-corrected chi connectivity index (χ3v) is 4.31. The molecule has 23 heavy (non-hydrogen) atoms. The fourth-order valence-corrected chi connectivity index (χ4v) is 2.85. The van der Waals surface area contributed by atoms with Gasteiger partial charge < -0.3 is 10.1 Å². The van der Waals surface area contributed by atoms with E-state index in [4.69, 9.17) is 4.74 Å². The zero-order valence-corrected chi connectivity index (χ0v) is 15.3. The fourth-order valence-electron chi connectivity index (χ4n) is 2.37. The number of anilines is 1. The number of ether oxygens (including phenoxy) is 1. The molecule has 0 fully saturated rings. The summed E-state index contributed by atoms with van der Waals surface area (Å²) in [7, 11) is 1.39. The Hall–Kier alpha value is -2.07. The molecular formula is C19H20BrNO2. The molecule has 2 rings (SSSR count). The molecule has 0 saturated heterocycles. The van der Waals surface area contributed by atoms with Gasteiger partial charge in [-0.3, -0.25) is 0 Å². The zero-order valence-electron chi connectivity index (χ0n) is 13.7. The van der Waals surface area contributed by atoms with Crippen molar-refractivity contribution in [2.24, 2.45) is 0 Å². The second kappa shape index (κ2) is 7.47. The summed E-state index contributed by atoms with van der Waals surface area (Å²) in [6, 6.07) is 13.8. The first-order chi connectivity index (χ1) is 10.9. The number of carbonyl (C=O) groups excluding carboxylic acids is 1. The summed E-state index contributed by atoms with van der Waals surface area (Å²) < 4.78 is 5.83. The van der Waals surface area contributed by atoms with Crippen molar-refractivity contribution in [3.8, 4) is 0 Å². The lowest BCUT2D eigenvalue weighted by atomic mass is 10.0. The first-order valence-corrected chi connectivity index (χ1v) is 8.11. The van der Waals surface area contributed by atoms with Crippen molar-refractivity contribution in [1.29, 1.82) is 0 Å². The number of methoxy groups -OCH3 is 1. The molecule has 0 aliphatic rings. The first kappa shape index (κ1) is 17.3. The van der Waals surface area contributed by atoms with Crippen molar-refractivity contribution in [1.82, 2.24) is 0 Å². The molecule has 0 amide bonds. The largest absolute Gasteiger partial charge is 0.465 e. The lowest BCUT2D eigenvalue weighted by Crippen LogP contribution is -2.11. The molecule has 120 valence electrons. The third kappa shape index (κ3) is 4.02. The van der Waals surface area contributed by atoms with Gasteiger partial charge in [0.05, 0.1) is 12.7 Å². The van der Waals surface area contributed by atoms with Crippen LogP contribution in [0.15, 0.2) is 52.6 Å². The van der Waals surface area contributed by atoms with Crippen LogP contribution in [0.1, 0.15) is 23.6 Å². The van der Waals surface area contributed by atoms with Gasteiger partial charge in [0.2, 0.25) is 0 Å². The Morgan fingerprint density at radius 3 is 2.48 bits per heavy atom. The second-order valence-corrected chi connectivity index (χ2v) is 6.27. The summed E-state index contributed by atoms with van der Waals surface area (Å²) in [5.41, 5.74) is 5.32. The molecule has 3 nitrogen and oxygen atoms in total. The Balaban J connectivity index is 2.52. The topological polar surface area (TPSA) is 38.3 Å². The van der Waals surface area contributed by atoms with Gasteiger partial charge in [-0.25, -0.2) is 4.79 Å². The van der Waals surface area contributed by atoms with E-state index in [9.17, 15) is 4.79 Å². The Labute approximate surface area is 145 Å². The predicted molar refractivity (Wildman–Crippen MR) is 98.3 cm³/mol. The average Bonchev–Trinajstić information content (AvgIpc) is 2.52. The van der Waals surface area contributed by atoms with E-state index in [2.05, 4.69) is 39.4 Å². The molecule has 0 atom stereocenters. The summed E-state index contributed by atoms with van der Waals surface area (Å²) in [6.07, 6.45) is 0.